The number of benzene rings is 1. The van der Waals surface area contributed by atoms with Crippen molar-refractivity contribution in [1.29, 1.82) is 0 Å². The summed E-state index contributed by atoms with van der Waals surface area (Å²) in [5.41, 5.74) is 3.76. The highest BCUT2D eigenvalue weighted by atomic mass is 16.5. The second-order valence-electron chi connectivity index (χ2n) is 7.20. The predicted molar refractivity (Wildman–Crippen MR) is 103 cm³/mol. The maximum Gasteiger partial charge on any atom is 0.272 e. The van der Waals surface area contributed by atoms with E-state index in [2.05, 4.69) is 37.9 Å². The van der Waals surface area contributed by atoms with Crippen LogP contribution in [0.4, 0.5) is 0 Å². The number of methoxy groups -OCH3 is 1. The molecule has 7 heteroatoms. The lowest BCUT2D eigenvalue weighted by molar-refractivity contribution is 0.0931. The van der Waals surface area contributed by atoms with Crippen molar-refractivity contribution < 1.29 is 9.53 Å². The zero-order chi connectivity index (χ0) is 18.6. The van der Waals surface area contributed by atoms with Gasteiger partial charge < -0.3 is 15.4 Å². The number of amides is 1. The van der Waals surface area contributed by atoms with Crippen molar-refractivity contribution in [1.82, 2.24) is 25.7 Å². The molecular weight excluding hydrogens is 342 g/mol. The first-order valence-electron chi connectivity index (χ1n) is 9.69. The third kappa shape index (κ3) is 3.84. The molecule has 1 saturated heterocycles. The van der Waals surface area contributed by atoms with E-state index in [9.17, 15) is 4.79 Å². The van der Waals surface area contributed by atoms with Crippen LogP contribution in [0.15, 0.2) is 24.3 Å². The Kier molecular flexibility index (Phi) is 5.40. The Balaban J connectivity index is 1.50. The zero-order valence-electron chi connectivity index (χ0n) is 15.8. The lowest BCUT2D eigenvalue weighted by atomic mass is 10.0. The number of nitrogens with zero attached hydrogens (tertiary/aromatic N) is 2. The average molecular weight is 369 g/mol. The van der Waals surface area contributed by atoms with E-state index in [1.54, 1.807) is 7.11 Å². The topological polar surface area (TPSA) is 82.3 Å². The second-order valence-corrected chi connectivity index (χ2v) is 7.20. The first-order valence-corrected chi connectivity index (χ1v) is 9.69. The van der Waals surface area contributed by atoms with Crippen molar-refractivity contribution in [2.45, 2.75) is 31.8 Å². The molecule has 1 unspecified atom stereocenters. The van der Waals surface area contributed by atoms with E-state index in [0.717, 1.165) is 43.1 Å². The van der Waals surface area contributed by atoms with Crippen LogP contribution in [0, 0.1) is 0 Å². The smallest absolute Gasteiger partial charge is 0.272 e. The van der Waals surface area contributed by atoms with E-state index < -0.39 is 0 Å². The van der Waals surface area contributed by atoms with Gasteiger partial charge in [0.25, 0.3) is 5.91 Å². The molecule has 1 amide bonds. The van der Waals surface area contributed by atoms with Gasteiger partial charge in [0.2, 0.25) is 0 Å². The SMILES string of the molecule is COc1cccc(C(CNC(=O)c2n[nH]c3c2CNCC3)N2CCCC2)c1. The highest BCUT2D eigenvalue weighted by Gasteiger charge is 2.26. The molecule has 3 heterocycles. The molecule has 2 aliphatic heterocycles. The minimum atomic E-state index is -0.108. The van der Waals surface area contributed by atoms with E-state index in [-0.39, 0.29) is 11.9 Å². The van der Waals surface area contributed by atoms with Crippen molar-refractivity contribution in [2.24, 2.45) is 0 Å². The molecule has 2 aliphatic rings. The Labute approximate surface area is 159 Å². The molecule has 1 aromatic heterocycles. The summed E-state index contributed by atoms with van der Waals surface area (Å²) in [5.74, 6) is 0.735. The fourth-order valence-electron chi connectivity index (χ4n) is 4.05. The molecule has 0 bridgehead atoms. The van der Waals surface area contributed by atoms with Gasteiger partial charge >= 0.3 is 0 Å². The Bertz CT molecular complexity index is 797. The van der Waals surface area contributed by atoms with Gasteiger partial charge in [-0.05, 0) is 43.6 Å². The van der Waals surface area contributed by atoms with Crippen LogP contribution >= 0.6 is 0 Å². The Morgan fingerprint density at radius 3 is 3.04 bits per heavy atom. The number of ether oxygens (including phenoxy) is 1. The molecule has 144 valence electrons. The van der Waals surface area contributed by atoms with Crippen molar-refractivity contribution in [3.63, 3.8) is 0 Å². The van der Waals surface area contributed by atoms with Crippen LogP contribution < -0.4 is 15.4 Å². The molecule has 7 nitrogen and oxygen atoms in total. The standard InChI is InChI=1S/C20H27N5O2/c1-27-15-6-4-5-14(11-15)18(25-9-2-3-10-25)13-22-20(26)19-16-12-21-8-7-17(16)23-24-19/h4-6,11,18,21H,2-3,7-10,12-13H2,1H3,(H,22,26)(H,23,24). The molecule has 3 N–H and O–H groups in total. The number of aromatic nitrogens is 2. The zero-order valence-corrected chi connectivity index (χ0v) is 15.8. The van der Waals surface area contributed by atoms with Gasteiger partial charge in [0.05, 0.1) is 13.2 Å². The van der Waals surface area contributed by atoms with Gasteiger partial charge in [-0.2, -0.15) is 5.10 Å². The van der Waals surface area contributed by atoms with Gasteiger partial charge in [0.15, 0.2) is 5.69 Å². The molecule has 0 radical (unpaired) electrons. The molecule has 1 fully saturated rings. The Morgan fingerprint density at radius 2 is 2.22 bits per heavy atom. The third-order valence-electron chi connectivity index (χ3n) is 5.54. The van der Waals surface area contributed by atoms with Gasteiger partial charge in [-0.25, -0.2) is 0 Å². The summed E-state index contributed by atoms with van der Waals surface area (Å²) in [4.78, 5) is 15.2. The van der Waals surface area contributed by atoms with Gasteiger partial charge in [-0.1, -0.05) is 12.1 Å². The number of rotatable bonds is 6. The van der Waals surface area contributed by atoms with Crippen molar-refractivity contribution in [3.05, 3.63) is 46.8 Å². The summed E-state index contributed by atoms with van der Waals surface area (Å²) in [7, 11) is 1.68. The number of hydrogen-bond acceptors (Lipinski definition) is 5. The molecule has 1 atom stereocenters. The van der Waals surface area contributed by atoms with Crippen molar-refractivity contribution in [2.75, 3.05) is 33.3 Å². The van der Waals surface area contributed by atoms with Crippen LogP contribution in [-0.4, -0.2) is 54.3 Å². The van der Waals surface area contributed by atoms with E-state index in [1.807, 2.05) is 12.1 Å². The van der Waals surface area contributed by atoms with Crippen LogP contribution in [0.2, 0.25) is 0 Å². The summed E-state index contributed by atoms with van der Waals surface area (Å²) < 4.78 is 5.39. The highest BCUT2D eigenvalue weighted by Crippen LogP contribution is 2.27. The Morgan fingerprint density at radius 1 is 1.37 bits per heavy atom. The van der Waals surface area contributed by atoms with Crippen molar-refractivity contribution in [3.8, 4) is 5.75 Å². The van der Waals surface area contributed by atoms with Crippen LogP contribution in [-0.2, 0) is 13.0 Å². The number of fused-ring (bicyclic) bond motifs is 1. The summed E-state index contributed by atoms with van der Waals surface area (Å²) in [6.07, 6.45) is 3.29. The molecule has 0 saturated carbocycles. The quantitative estimate of drug-likeness (QED) is 0.721. The minimum absolute atomic E-state index is 0.108. The summed E-state index contributed by atoms with van der Waals surface area (Å²) in [5, 5.41) is 13.7. The average Bonchev–Trinajstić information content (AvgIpc) is 3.38. The fraction of sp³-hybridized carbons (Fsp3) is 0.500. The number of carbonyl (C=O) groups is 1. The lowest BCUT2D eigenvalue weighted by Gasteiger charge is -2.28. The van der Waals surface area contributed by atoms with E-state index in [1.165, 1.54) is 18.4 Å². The number of nitrogens with one attached hydrogen (secondary N) is 3. The maximum atomic E-state index is 12.8. The summed E-state index contributed by atoms with van der Waals surface area (Å²) in [6.45, 7) is 4.28. The number of hydrogen-bond donors (Lipinski definition) is 3. The van der Waals surface area contributed by atoms with E-state index >= 15 is 0 Å². The second kappa shape index (κ2) is 8.10. The number of aromatic amines is 1. The molecular formula is C20H27N5O2. The number of H-pyrrole nitrogens is 1. The molecule has 2 aromatic rings. The summed E-state index contributed by atoms with van der Waals surface area (Å²) in [6, 6.07) is 8.27. The first kappa shape index (κ1) is 18.0. The molecule has 1 aromatic carbocycles. The van der Waals surface area contributed by atoms with Crippen molar-refractivity contribution >= 4 is 5.91 Å². The van der Waals surface area contributed by atoms with Gasteiger partial charge in [-0.15, -0.1) is 0 Å². The van der Waals surface area contributed by atoms with Gasteiger partial charge in [0.1, 0.15) is 5.75 Å². The first-order chi connectivity index (χ1) is 13.3. The molecule has 27 heavy (non-hydrogen) atoms. The predicted octanol–water partition coefficient (Wildman–Crippen LogP) is 1.63. The Hall–Kier alpha value is -2.38. The van der Waals surface area contributed by atoms with Gasteiger partial charge in [0, 0.05) is 37.3 Å². The third-order valence-corrected chi connectivity index (χ3v) is 5.54. The fourth-order valence-corrected chi connectivity index (χ4v) is 4.05. The monoisotopic (exact) mass is 369 g/mol. The molecule has 0 spiro atoms. The number of carbonyl (C=O) groups excluding carboxylic acids is 1. The van der Waals surface area contributed by atoms with Gasteiger partial charge in [-0.3, -0.25) is 14.8 Å². The van der Waals surface area contributed by atoms with Crippen LogP contribution in [0.25, 0.3) is 0 Å². The van der Waals surface area contributed by atoms with Crippen LogP contribution in [0.3, 0.4) is 0 Å². The molecule has 0 aliphatic carbocycles. The van der Waals surface area contributed by atoms with Crippen LogP contribution in [0.1, 0.15) is 46.2 Å². The highest BCUT2D eigenvalue weighted by molar-refractivity contribution is 5.94. The van der Waals surface area contributed by atoms with Crippen LogP contribution in [0.5, 0.6) is 5.75 Å². The number of likely N-dealkylation sites (tertiary alicyclic amines) is 1. The largest absolute Gasteiger partial charge is 0.497 e. The lowest BCUT2D eigenvalue weighted by Crippen LogP contribution is -2.37. The summed E-state index contributed by atoms with van der Waals surface area (Å²) >= 11 is 0. The normalized spacial score (nSPS) is 18.1. The van der Waals surface area contributed by atoms with E-state index in [4.69, 9.17) is 4.74 Å². The van der Waals surface area contributed by atoms with E-state index in [0.29, 0.717) is 18.8 Å². The minimum Gasteiger partial charge on any atom is -0.497 e. The maximum absolute atomic E-state index is 12.8. The molecule has 4 rings (SSSR count).